The number of rotatable bonds is 7. The quantitative estimate of drug-likeness (QED) is 0.778. The Bertz CT molecular complexity index is 373. The summed E-state index contributed by atoms with van der Waals surface area (Å²) in [5, 5.41) is 15.6. The van der Waals surface area contributed by atoms with Crippen molar-refractivity contribution in [2.24, 2.45) is 0 Å². The molecule has 0 radical (unpaired) electrons. The molecule has 1 aliphatic rings. The van der Waals surface area contributed by atoms with Crippen molar-refractivity contribution in [3.05, 3.63) is 5.82 Å². The van der Waals surface area contributed by atoms with Gasteiger partial charge in [-0.2, -0.15) is 11.8 Å². The van der Waals surface area contributed by atoms with E-state index in [1.807, 2.05) is 16.4 Å². The number of hydrogen-bond donors (Lipinski definition) is 1. The van der Waals surface area contributed by atoms with E-state index < -0.39 is 0 Å². The Labute approximate surface area is 119 Å². The van der Waals surface area contributed by atoms with Crippen molar-refractivity contribution in [1.29, 1.82) is 0 Å². The molecule has 1 aliphatic carbocycles. The smallest absolute Gasteiger partial charge is 0.165 e. The second-order valence-corrected chi connectivity index (χ2v) is 6.65. The number of thioether (sulfide) groups is 1. The average Bonchev–Trinajstić information content (AvgIpc) is 2.87. The maximum Gasteiger partial charge on any atom is 0.165 e. The van der Waals surface area contributed by atoms with E-state index in [4.69, 9.17) is 0 Å². The highest BCUT2D eigenvalue weighted by molar-refractivity contribution is 8.00. The van der Waals surface area contributed by atoms with Crippen LogP contribution in [0.4, 0.5) is 0 Å². The maximum atomic E-state index is 4.18. The molecule has 0 amide bonds. The summed E-state index contributed by atoms with van der Waals surface area (Å²) in [7, 11) is 0. The molecular formula is C13H25N5S. The lowest BCUT2D eigenvalue weighted by Gasteiger charge is -2.35. The SMILES string of the molecule is CCCNCc1nnnn1CC1(SC)CCCCC1. The molecule has 1 saturated carbocycles. The third-order valence-electron chi connectivity index (χ3n) is 3.95. The molecule has 19 heavy (non-hydrogen) atoms. The molecule has 0 aliphatic heterocycles. The summed E-state index contributed by atoms with van der Waals surface area (Å²) >= 11 is 1.99. The average molecular weight is 283 g/mol. The van der Waals surface area contributed by atoms with E-state index in [-0.39, 0.29) is 0 Å². The molecule has 2 rings (SSSR count). The van der Waals surface area contributed by atoms with Crippen LogP contribution in [-0.2, 0) is 13.1 Å². The summed E-state index contributed by atoms with van der Waals surface area (Å²) in [5.74, 6) is 0.965. The van der Waals surface area contributed by atoms with Gasteiger partial charge in [-0.3, -0.25) is 0 Å². The van der Waals surface area contributed by atoms with E-state index in [2.05, 4.69) is 34.0 Å². The van der Waals surface area contributed by atoms with Gasteiger partial charge in [0.2, 0.25) is 0 Å². The van der Waals surface area contributed by atoms with E-state index in [0.717, 1.165) is 31.9 Å². The molecule has 108 valence electrons. The fourth-order valence-electron chi connectivity index (χ4n) is 2.75. The maximum absolute atomic E-state index is 4.18. The van der Waals surface area contributed by atoms with Crippen molar-refractivity contribution in [3.8, 4) is 0 Å². The third-order valence-corrected chi connectivity index (χ3v) is 5.36. The Morgan fingerprint density at radius 1 is 1.32 bits per heavy atom. The summed E-state index contributed by atoms with van der Waals surface area (Å²) in [6.07, 6.45) is 9.99. The first-order chi connectivity index (χ1) is 9.29. The Hall–Kier alpha value is -0.620. The highest BCUT2D eigenvalue weighted by atomic mass is 32.2. The molecule has 0 aromatic carbocycles. The molecule has 0 unspecified atom stereocenters. The minimum Gasteiger partial charge on any atom is -0.310 e. The van der Waals surface area contributed by atoms with Gasteiger partial charge in [-0.15, -0.1) is 5.10 Å². The molecule has 0 spiro atoms. The zero-order valence-corrected chi connectivity index (χ0v) is 12.9. The van der Waals surface area contributed by atoms with Gasteiger partial charge < -0.3 is 5.32 Å². The van der Waals surface area contributed by atoms with Crippen molar-refractivity contribution in [1.82, 2.24) is 25.5 Å². The Morgan fingerprint density at radius 2 is 2.11 bits per heavy atom. The molecule has 1 N–H and O–H groups in total. The minimum atomic E-state index is 0.340. The van der Waals surface area contributed by atoms with E-state index in [0.29, 0.717) is 4.75 Å². The first-order valence-corrected chi connectivity index (χ1v) is 8.53. The minimum absolute atomic E-state index is 0.340. The predicted molar refractivity (Wildman–Crippen MR) is 79.1 cm³/mol. The third kappa shape index (κ3) is 3.92. The molecule has 0 bridgehead atoms. The molecule has 0 atom stereocenters. The van der Waals surface area contributed by atoms with Crippen LogP contribution in [-0.4, -0.2) is 37.8 Å². The Morgan fingerprint density at radius 3 is 2.79 bits per heavy atom. The number of aromatic nitrogens is 4. The van der Waals surface area contributed by atoms with E-state index in [1.54, 1.807) is 0 Å². The lowest BCUT2D eigenvalue weighted by Crippen LogP contribution is -2.34. The molecular weight excluding hydrogens is 258 g/mol. The summed E-state index contributed by atoms with van der Waals surface area (Å²) < 4.78 is 2.34. The standard InChI is InChI=1S/C13H25N5S/c1-3-9-14-10-12-15-16-17-18(12)11-13(19-2)7-5-4-6-8-13/h14H,3-11H2,1-2H3. The van der Waals surface area contributed by atoms with E-state index in [1.165, 1.54) is 32.1 Å². The largest absolute Gasteiger partial charge is 0.310 e. The fourth-order valence-corrected chi connectivity index (χ4v) is 3.69. The van der Waals surface area contributed by atoms with Crippen LogP contribution in [0.5, 0.6) is 0 Å². The molecule has 1 heterocycles. The topological polar surface area (TPSA) is 55.6 Å². The Balaban J connectivity index is 1.99. The molecule has 6 heteroatoms. The number of hydrogen-bond acceptors (Lipinski definition) is 5. The fraction of sp³-hybridized carbons (Fsp3) is 0.923. The Kier molecular flexibility index (Phi) is 5.63. The van der Waals surface area contributed by atoms with Crippen molar-refractivity contribution in [2.75, 3.05) is 12.8 Å². The second-order valence-electron chi connectivity index (χ2n) is 5.38. The van der Waals surface area contributed by atoms with Crippen LogP contribution in [0.1, 0.15) is 51.3 Å². The van der Waals surface area contributed by atoms with Gasteiger partial charge in [0.1, 0.15) is 0 Å². The monoisotopic (exact) mass is 283 g/mol. The lowest BCUT2D eigenvalue weighted by molar-refractivity contribution is 0.337. The van der Waals surface area contributed by atoms with Crippen LogP contribution in [0.3, 0.4) is 0 Å². The van der Waals surface area contributed by atoms with Crippen molar-refractivity contribution in [2.45, 2.75) is 63.3 Å². The molecule has 0 saturated heterocycles. The zero-order valence-electron chi connectivity index (χ0n) is 12.1. The molecule has 5 nitrogen and oxygen atoms in total. The van der Waals surface area contributed by atoms with Crippen LogP contribution in [0.2, 0.25) is 0 Å². The van der Waals surface area contributed by atoms with E-state index >= 15 is 0 Å². The van der Waals surface area contributed by atoms with Crippen LogP contribution < -0.4 is 5.32 Å². The van der Waals surface area contributed by atoms with Gasteiger partial charge >= 0.3 is 0 Å². The predicted octanol–water partition coefficient (Wildman–Crippen LogP) is 2.24. The van der Waals surface area contributed by atoms with Crippen molar-refractivity contribution >= 4 is 11.8 Å². The summed E-state index contributed by atoms with van der Waals surface area (Å²) in [5.41, 5.74) is 0. The molecule has 1 aromatic rings. The number of nitrogens with one attached hydrogen (secondary N) is 1. The highest BCUT2D eigenvalue weighted by Crippen LogP contribution is 2.39. The van der Waals surface area contributed by atoms with Gasteiger partial charge in [0.05, 0.1) is 13.1 Å². The number of tetrazole rings is 1. The lowest BCUT2D eigenvalue weighted by atomic mass is 9.88. The molecule has 1 aromatic heterocycles. The van der Waals surface area contributed by atoms with Gasteiger partial charge in [-0.1, -0.05) is 26.2 Å². The van der Waals surface area contributed by atoms with Crippen LogP contribution in [0.25, 0.3) is 0 Å². The summed E-state index contributed by atoms with van der Waals surface area (Å²) in [6, 6.07) is 0. The summed E-state index contributed by atoms with van der Waals surface area (Å²) in [4.78, 5) is 0. The first-order valence-electron chi connectivity index (χ1n) is 7.30. The first kappa shape index (κ1) is 14.8. The van der Waals surface area contributed by atoms with Crippen LogP contribution >= 0.6 is 11.8 Å². The zero-order chi connectivity index (χ0) is 13.6. The van der Waals surface area contributed by atoms with Gasteiger partial charge in [0.15, 0.2) is 5.82 Å². The normalized spacial score (nSPS) is 18.6. The summed E-state index contributed by atoms with van der Waals surface area (Å²) in [6.45, 7) is 4.90. The van der Waals surface area contributed by atoms with Gasteiger partial charge in [-0.25, -0.2) is 4.68 Å². The van der Waals surface area contributed by atoms with Gasteiger partial charge in [0, 0.05) is 4.75 Å². The second kappa shape index (κ2) is 7.24. The number of nitrogens with zero attached hydrogens (tertiary/aromatic N) is 4. The van der Waals surface area contributed by atoms with Crippen LogP contribution in [0, 0.1) is 0 Å². The molecule has 1 fully saturated rings. The highest BCUT2D eigenvalue weighted by Gasteiger charge is 2.32. The van der Waals surface area contributed by atoms with Crippen LogP contribution in [0.15, 0.2) is 0 Å². The van der Waals surface area contributed by atoms with Crippen molar-refractivity contribution < 1.29 is 0 Å². The van der Waals surface area contributed by atoms with Gasteiger partial charge in [0.25, 0.3) is 0 Å². The van der Waals surface area contributed by atoms with Gasteiger partial charge in [-0.05, 0) is 42.5 Å². The van der Waals surface area contributed by atoms with E-state index in [9.17, 15) is 0 Å². The van der Waals surface area contributed by atoms with Crippen molar-refractivity contribution in [3.63, 3.8) is 0 Å².